The number of aryl methyl sites for hydroxylation is 1. The molecule has 2 heterocycles. The van der Waals surface area contributed by atoms with Crippen molar-refractivity contribution in [2.75, 3.05) is 12.9 Å². The van der Waals surface area contributed by atoms with E-state index in [1.165, 1.54) is 11.8 Å². The molecule has 1 aromatic carbocycles. The number of amides is 1. The lowest BCUT2D eigenvalue weighted by molar-refractivity contribution is -0.118. The normalized spacial score (nSPS) is 10.4. The zero-order valence-corrected chi connectivity index (χ0v) is 16.0. The first-order chi connectivity index (χ1) is 13.1. The molecule has 0 aliphatic rings. The van der Waals surface area contributed by atoms with Crippen LogP contribution >= 0.6 is 11.8 Å². The Hall–Kier alpha value is -2.93. The van der Waals surface area contributed by atoms with Gasteiger partial charge in [0, 0.05) is 30.2 Å². The van der Waals surface area contributed by atoms with E-state index in [1.54, 1.807) is 19.5 Å². The van der Waals surface area contributed by atoms with Crippen LogP contribution in [0.3, 0.4) is 0 Å². The number of benzene rings is 1. The minimum Gasteiger partial charge on any atom is -0.497 e. The van der Waals surface area contributed by atoms with Crippen LogP contribution < -0.4 is 10.1 Å². The first kappa shape index (κ1) is 18.8. The van der Waals surface area contributed by atoms with Gasteiger partial charge in [0.15, 0.2) is 5.82 Å². The summed E-state index contributed by atoms with van der Waals surface area (Å²) in [5.41, 5.74) is 2.69. The average molecular weight is 380 g/mol. The first-order valence-corrected chi connectivity index (χ1v) is 9.41. The van der Waals surface area contributed by atoms with Crippen LogP contribution in [0.15, 0.2) is 59.9 Å². The van der Waals surface area contributed by atoms with E-state index in [2.05, 4.69) is 20.3 Å². The van der Waals surface area contributed by atoms with E-state index in [-0.39, 0.29) is 11.7 Å². The summed E-state index contributed by atoms with van der Waals surface area (Å²) in [6.45, 7) is 2.37. The molecule has 138 valence electrons. The number of rotatable bonds is 7. The number of carbonyl (C=O) groups excluding carboxylic acids is 1. The van der Waals surface area contributed by atoms with Crippen molar-refractivity contribution < 1.29 is 9.53 Å². The SMILES string of the molecule is COc1cccc(CNC(=O)CSc2cc(C)nc(-c3cccnc3)n2)c1. The number of thioether (sulfide) groups is 1. The molecule has 6 nitrogen and oxygen atoms in total. The molecule has 0 bridgehead atoms. The van der Waals surface area contributed by atoms with Crippen molar-refractivity contribution in [2.45, 2.75) is 18.5 Å². The maximum absolute atomic E-state index is 12.2. The Kier molecular flexibility index (Phi) is 6.38. The lowest BCUT2D eigenvalue weighted by Crippen LogP contribution is -2.24. The van der Waals surface area contributed by atoms with E-state index in [4.69, 9.17) is 4.74 Å². The summed E-state index contributed by atoms with van der Waals surface area (Å²) in [6, 6.07) is 13.3. The fourth-order valence-electron chi connectivity index (χ4n) is 2.41. The third-order valence-electron chi connectivity index (χ3n) is 3.73. The van der Waals surface area contributed by atoms with Crippen LogP contribution in [0.5, 0.6) is 5.75 Å². The molecule has 3 aromatic rings. The van der Waals surface area contributed by atoms with Crippen molar-refractivity contribution in [3.63, 3.8) is 0 Å². The van der Waals surface area contributed by atoms with Crippen molar-refractivity contribution >= 4 is 17.7 Å². The molecule has 1 N–H and O–H groups in total. The van der Waals surface area contributed by atoms with Crippen LogP contribution in [0.2, 0.25) is 0 Å². The Balaban J connectivity index is 1.58. The molecular weight excluding hydrogens is 360 g/mol. The predicted octanol–water partition coefficient (Wildman–Crippen LogP) is 3.26. The number of aromatic nitrogens is 3. The summed E-state index contributed by atoms with van der Waals surface area (Å²) < 4.78 is 5.19. The summed E-state index contributed by atoms with van der Waals surface area (Å²) in [5, 5.41) is 3.67. The predicted molar refractivity (Wildman–Crippen MR) is 106 cm³/mol. The molecule has 0 saturated heterocycles. The number of ether oxygens (including phenoxy) is 1. The second-order valence-corrected chi connectivity index (χ2v) is 6.83. The van der Waals surface area contributed by atoms with Gasteiger partial charge in [0.2, 0.25) is 5.91 Å². The molecular formula is C20H20N4O2S. The summed E-state index contributed by atoms with van der Waals surface area (Å²) in [7, 11) is 1.62. The molecule has 27 heavy (non-hydrogen) atoms. The zero-order valence-electron chi connectivity index (χ0n) is 15.2. The Morgan fingerprint density at radius 3 is 2.85 bits per heavy atom. The number of carbonyl (C=O) groups is 1. The Labute approximate surface area is 162 Å². The van der Waals surface area contributed by atoms with Crippen LogP contribution in [0.4, 0.5) is 0 Å². The van der Waals surface area contributed by atoms with Gasteiger partial charge in [-0.3, -0.25) is 9.78 Å². The fourth-order valence-corrected chi connectivity index (χ4v) is 3.20. The van der Waals surface area contributed by atoms with Crippen molar-refractivity contribution in [1.29, 1.82) is 0 Å². The van der Waals surface area contributed by atoms with Gasteiger partial charge >= 0.3 is 0 Å². The average Bonchev–Trinajstić information content (AvgIpc) is 2.71. The molecule has 0 unspecified atom stereocenters. The van der Waals surface area contributed by atoms with Crippen molar-refractivity contribution in [3.05, 3.63) is 66.1 Å². The van der Waals surface area contributed by atoms with Gasteiger partial charge < -0.3 is 10.1 Å². The third-order valence-corrected chi connectivity index (χ3v) is 4.64. The minimum absolute atomic E-state index is 0.0537. The zero-order chi connectivity index (χ0) is 19.1. The largest absolute Gasteiger partial charge is 0.497 e. The van der Waals surface area contributed by atoms with Gasteiger partial charge in [-0.1, -0.05) is 23.9 Å². The second kappa shape index (κ2) is 9.14. The van der Waals surface area contributed by atoms with Gasteiger partial charge in [0.1, 0.15) is 10.8 Å². The van der Waals surface area contributed by atoms with E-state index in [0.717, 1.165) is 27.6 Å². The highest BCUT2D eigenvalue weighted by Gasteiger charge is 2.08. The number of nitrogens with zero attached hydrogens (tertiary/aromatic N) is 3. The lowest BCUT2D eigenvalue weighted by atomic mass is 10.2. The smallest absolute Gasteiger partial charge is 0.230 e. The first-order valence-electron chi connectivity index (χ1n) is 8.42. The number of hydrogen-bond donors (Lipinski definition) is 1. The lowest BCUT2D eigenvalue weighted by Gasteiger charge is -2.08. The van der Waals surface area contributed by atoms with E-state index >= 15 is 0 Å². The summed E-state index contributed by atoms with van der Waals surface area (Å²) in [5.74, 6) is 1.62. The molecule has 3 rings (SSSR count). The van der Waals surface area contributed by atoms with Crippen LogP contribution in [0.25, 0.3) is 11.4 Å². The molecule has 0 atom stereocenters. The van der Waals surface area contributed by atoms with E-state index in [9.17, 15) is 4.79 Å². The van der Waals surface area contributed by atoms with Gasteiger partial charge in [-0.05, 0) is 42.8 Å². The number of nitrogens with one attached hydrogen (secondary N) is 1. The molecule has 1 amide bonds. The minimum atomic E-state index is -0.0537. The quantitative estimate of drug-likeness (QED) is 0.501. The molecule has 0 aliphatic heterocycles. The highest BCUT2D eigenvalue weighted by Crippen LogP contribution is 2.21. The molecule has 0 aliphatic carbocycles. The molecule has 0 spiro atoms. The summed E-state index contributed by atoms with van der Waals surface area (Å²) >= 11 is 1.39. The van der Waals surface area contributed by atoms with Gasteiger partial charge in [0.25, 0.3) is 0 Å². The highest BCUT2D eigenvalue weighted by atomic mass is 32.2. The highest BCUT2D eigenvalue weighted by molar-refractivity contribution is 7.99. The molecule has 0 saturated carbocycles. The third kappa shape index (κ3) is 5.52. The second-order valence-electron chi connectivity index (χ2n) is 5.83. The van der Waals surface area contributed by atoms with E-state index in [1.807, 2.05) is 49.4 Å². The molecule has 0 radical (unpaired) electrons. The van der Waals surface area contributed by atoms with E-state index in [0.29, 0.717) is 12.4 Å². The topological polar surface area (TPSA) is 77.0 Å². The molecule has 0 fully saturated rings. The van der Waals surface area contributed by atoms with Crippen LogP contribution in [0.1, 0.15) is 11.3 Å². The van der Waals surface area contributed by atoms with Crippen LogP contribution in [-0.2, 0) is 11.3 Å². The fraction of sp³-hybridized carbons (Fsp3) is 0.200. The van der Waals surface area contributed by atoms with Gasteiger partial charge in [-0.15, -0.1) is 0 Å². The van der Waals surface area contributed by atoms with E-state index < -0.39 is 0 Å². The maximum atomic E-state index is 12.2. The Morgan fingerprint density at radius 1 is 1.19 bits per heavy atom. The molecule has 7 heteroatoms. The summed E-state index contributed by atoms with van der Waals surface area (Å²) in [6.07, 6.45) is 3.44. The Bertz CT molecular complexity index is 919. The maximum Gasteiger partial charge on any atom is 0.230 e. The number of methoxy groups -OCH3 is 1. The number of hydrogen-bond acceptors (Lipinski definition) is 6. The standard InChI is InChI=1S/C20H20N4O2S/c1-14-9-19(24-20(23-14)16-6-4-8-21-12-16)27-13-18(25)22-11-15-5-3-7-17(10-15)26-2/h3-10,12H,11,13H2,1-2H3,(H,22,25). The number of pyridine rings is 1. The van der Waals surface area contributed by atoms with Gasteiger partial charge in [0.05, 0.1) is 12.9 Å². The van der Waals surface area contributed by atoms with Crippen LogP contribution in [0, 0.1) is 6.92 Å². The van der Waals surface area contributed by atoms with Crippen LogP contribution in [-0.4, -0.2) is 33.7 Å². The van der Waals surface area contributed by atoms with Gasteiger partial charge in [-0.2, -0.15) is 0 Å². The monoisotopic (exact) mass is 380 g/mol. The molecule has 2 aromatic heterocycles. The van der Waals surface area contributed by atoms with Crippen molar-refractivity contribution in [2.24, 2.45) is 0 Å². The van der Waals surface area contributed by atoms with Gasteiger partial charge in [-0.25, -0.2) is 9.97 Å². The van der Waals surface area contributed by atoms with Crippen molar-refractivity contribution in [3.8, 4) is 17.1 Å². The summed E-state index contributed by atoms with van der Waals surface area (Å²) in [4.78, 5) is 25.2. The Morgan fingerprint density at radius 2 is 2.07 bits per heavy atom. The van der Waals surface area contributed by atoms with Crippen molar-refractivity contribution in [1.82, 2.24) is 20.3 Å².